The lowest BCUT2D eigenvalue weighted by atomic mass is 10.2. The van der Waals surface area contributed by atoms with Crippen molar-refractivity contribution < 1.29 is 43.1 Å². The van der Waals surface area contributed by atoms with Gasteiger partial charge in [-0.15, -0.1) is 0 Å². The predicted molar refractivity (Wildman–Crippen MR) is 105 cm³/mol. The summed E-state index contributed by atoms with van der Waals surface area (Å²) in [7, 11) is -1.45. The lowest BCUT2D eigenvalue weighted by Crippen LogP contribution is -2.48. The summed E-state index contributed by atoms with van der Waals surface area (Å²) in [6.07, 6.45) is -1.06. The first-order valence-electron chi connectivity index (χ1n) is 9.10. The number of nitrogens with zero attached hydrogens (tertiary/aromatic N) is 3. The van der Waals surface area contributed by atoms with Gasteiger partial charge in [-0.25, -0.2) is 13.9 Å². The largest absolute Gasteiger partial charge is 0.480 e. The molecule has 0 unspecified atom stereocenters. The Morgan fingerprint density at radius 1 is 1.10 bits per heavy atom. The molecule has 0 aromatic heterocycles. The maximum absolute atomic E-state index is 11.5. The lowest BCUT2D eigenvalue weighted by molar-refractivity contribution is -0.138. The molecule has 0 spiro atoms. The Balaban J connectivity index is 0. The third-order valence-electron chi connectivity index (χ3n) is 3.40. The molecule has 2 amide bonds. The Labute approximate surface area is 171 Å². The average molecular weight is 443 g/mol. The average Bonchev–Trinajstić information content (AvgIpc) is 2.62. The van der Waals surface area contributed by atoms with Crippen molar-refractivity contribution in [3.63, 3.8) is 0 Å². The third kappa shape index (κ3) is 15.8. The monoisotopic (exact) mass is 443 g/mol. The second-order valence-corrected chi connectivity index (χ2v) is 7.42. The van der Waals surface area contributed by atoms with E-state index in [9.17, 15) is 18.9 Å². The fraction of sp³-hybridized carbons (Fsp3) is 0.812. The molecule has 0 aliphatic carbocycles. The molecule has 1 aliphatic heterocycles. The maximum atomic E-state index is 11.5. The van der Waals surface area contributed by atoms with Gasteiger partial charge in [-0.05, 0) is 7.05 Å². The first-order valence-corrected chi connectivity index (χ1v) is 10.6. The minimum absolute atomic E-state index is 0.147. The highest BCUT2D eigenvalue weighted by atomic mass is 31.2. The van der Waals surface area contributed by atoms with Gasteiger partial charge in [0, 0.05) is 39.1 Å². The number of carbonyl (C=O) groups is 3. The van der Waals surface area contributed by atoms with Crippen LogP contribution in [-0.4, -0.2) is 101 Å². The SMILES string of the molecule is CC.CC(C)C(=O)N1CCN(C)CC1.CN(CC(=O)O)C(=O)OCOP(=O)(O)O. The molecule has 1 saturated heterocycles. The van der Waals surface area contributed by atoms with E-state index < -0.39 is 33.2 Å². The number of amides is 2. The summed E-state index contributed by atoms with van der Waals surface area (Å²) in [6, 6.07) is 0. The standard InChI is InChI=1S/C9H18N2O.C5H10NO8P.C2H6/c1-8(2)9(12)11-6-4-10(3)5-7-11;1-6(2-4(7)8)5(9)13-3-14-15(10,11)12;1-2/h8H,4-7H2,1-3H3;2-3H2,1H3,(H,7,8)(H2,10,11,12);1-2H3. The summed E-state index contributed by atoms with van der Waals surface area (Å²) < 4.78 is 18.1. The molecule has 1 heterocycles. The quantitative estimate of drug-likeness (QED) is 0.393. The van der Waals surface area contributed by atoms with Crippen LogP contribution >= 0.6 is 7.82 Å². The molecular weight excluding hydrogens is 409 g/mol. The van der Waals surface area contributed by atoms with Gasteiger partial charge in [0.05, 0.1) is 0 Å². The normalized spacial score (nSPS) is 14.2. The van der Waals surface area contributed by atoms with Crippen LogP contribution in [0.25, 0.3) is 0 Å². The molecular formula is C16H34N3O9P. The van der Waals surface area contributed by atoms with E-state index in [1.807, 2.05) is 32.6 Å². The van der Waals surface area contributed by atoms with Crippen LogP contribution in [0.15, 0.2) is 0 Å². The number of likely N-dealkylation sites (N-methyl/N-ethyl adjacent to an activating group) is 2. The van der Waals surface area contributed by atoms with Crippen molar-refractivity contribution >= 4 is 25.8 Å². The van der Waals surface area contributed by atoms with Crippen molar-refractivity contribution in [1.29, 1.82) is 0 Å². The van der Waals surface area contributed by atoms with Gasteiger partial charge in [0.1, 0.15) is 6.54 Å². The summed E-state index contributed by atoms with van der Waals surface area (Å²) >= 11 is 0. The van der Waals surface area contributed by atoms with E-state index >= 15 is 0 Å². The van der Waals surface area contributed by atoms with Crippen molar-refractivity contribution in [2.24, 2.45) is 5.92 Å². The van der Waals surface area contributed by atoms with Crippen LogP contribution in [0.1, 0.15) is 27.7 Å². The fourth-order valence-electron chi connectivity index (χ4n) is 1.92. The molecule has 13 heteroatoms. The number of aliphatic carboxylic acids is 1. The van der Waals surface area contributed by atoms with Gasteiger partial charge in [0.2, 0.25) is 12.7 Å². The summed E-state index contributed by atoms with van der Waals surface area (Å²) in [4.78, 5) is 53.9. The lowest BCUT2D eigenvalue weighted by Gasteiger charge is -2.33. The topological polar surface area (TPSA) is 157 Å². The van der Waals surface area contributed by atoms with Crippen LogP contribution in [0, 0.1) is 5.92 Å². The van der Waals surface area contributed by atoms with Gasteiger partial charge in [0.25, 0.3) is 0 Å². The van der Waals surface area contributed by atoms with E-state index in [1.54, 1.807) is 0 Å². The van der Waals surface area contributed by atoms with Crippen LogP contribution in [-0.2, 0) is 23.4 Å². The Morgan fingerprint density at radius 2 is 1.59 bits per heavy atom. The number of carbonyl (C=O) groups excluding carboxylic acids is 2. The van der Waals surface area contributed by atoms with Gasteiger partial charge in [-0.2, -0.15) is 0 Å². The molecule has 0 saturated carbocycles. The molecule has 29 heavy (non-hydrogen) atoms. The second kappa shape index (κ2) is 15.2. The third-order valence-corrected chi connectivity index (χ3v) is 3.84. The Hall–Kier alpha value is -1.72. The number of phosphoric acid groups is 1. The number of carboxylic acids is 1. The summed E-state index contributed by atoms with van der Waals surface area (Å²) in [5.41, 5.74) is 0. The summed E-state index contributed by atoms with van der Waals surface area (Å²) in [5.74, 6) is -0.804. The number of phosphoric ester groups is 1. The Bertz CT molecular complexity index is 546. The number of hydrogen-bond acceptors (Lipinski definition) is 7. The molecule has 1 fully saturated rings. The molecule has 0 bridgehead atoms. The Kier molecular flexibility index (Phi) is 15.4. The first-order chi connectivity index (χ1) is 13.3. The van der Waals surface area contributed by atoms with Crippen molar-refractivity contribution in [3.8, 4) is 0 Å². The van der Waals surface area contributed by atoms with E-state index in [4.69, 9.17) is 14.9 Å². The number of carboxylic acid groups (broad SMARTS) is 1. The van der Waals surface area contributed by atoms with Crippen molar-refractivity contribution in [1.82, 2.24) is 14.7 Å². The molecule has 172 valence electrons. The van der Waals surface area contributed by atoms with Crippen LogP contribution in [0.3, 0.4) is 0 Å². The molecule has 0 aromatic carbocycles. The number of rotatable bonds is 6. The minimum Gasteiger partial charge on any atom is -0.480 e. The van der Waals surface area contributed by atoms with Crippen LogP contribution in [0.2, 0.25) is 0 Å². The number of ether oxygens (including phenoxy) is 1. The molecule has 3 N–H and O–H groups in total. The zero-order chi connectivity index (χ0) is 23.2. The zero-order valence-electron chi connectivity index (χ0n) is 17.9. The molecule has 0 atom stereocenters. The van der Waals surface area contributed by atoms with Crippen LogP contribution < -0.4 is 0 Å². The number of hydrogen-bond donors (Lipinski definition) is 3. The summed E-state index contributed by atoms with van der Waals surface area (Å²) in [6.45, 7) is 10.2. The first kappa shape index (κ1) is 29.5. The minimum atomic E-state index is -4.69. The van der Waals surface area contributed by atoms with Gasteiger partial charge >= 0.3 is 19.9 Å². The smallest absolute Gasteiger partial charge is 0.472 e. The molecule has 1 rings (SSSR count). The molecule has 12 nitrogen and oxygen atoms in total. The molecule has 0 radical (unpaired) electrons. The van der Waals surface area contributed by atoms with Crippen molar-refractivity contribution in [2.45, 2.75) is 27.7 Å². The van der Waals surface area contributed by atoms with E-state index in [1.165, 1.54) is 0 Å². The fourth-order valence-corrected chi connectivity index (χ4v) is 2.11. The zero-order valence-corrected chi connectivity index (χ0v) is 18.8. The number of piperazine rings is 1. The highest BCUT2D eigenvalue weighted by Gasteiger charge is 2.20. The van der Waals surface area contributed by atoms with Gasteiger partial charge in [-0.1, -0.05) is 27.7 Å². The second-order valence-electron chi connectivity index (χ2n) is 6.18. The highest BCUT2D eigenvalue weighted by Crippen LogP contribution is 2.35. The van der Waals surface area contributed by atoms with Crippen molar-refractivity contribution in [3.05, 3.63) is 0 Å². The van der Waals surface area contributed by atoms with E-state index in [0.29, 0.717) is 10.8 Å². The van der Waals surface area contributed by atoms with E-state index in [-0.39, 0.29) is 5.92 Å². The van der Waals surface area contributed by atoms with E-state index in [0.717, 1.165) is 33.2 Å². The van der Waals surface area contributed by atoms with Gasteiger partial charge < -0.3 is 34.3 Å². The Morgan fingerprint density at radius 3 is 1.97 bits per heavy atom. The van der Waals surface area contributed by atoms with Gasteiger partial charge in [-0.3, -0.25) is 9.59 Å². The van der Waals surface area contributed by atoms with Gasteiger partial charge in [0.15, 0.2) is 0 Å². The highest BCUT2D eigenvalue weighted by molar-refractivity contribution is 7.46. The van der Waals surface area contributed by atoms with Crippen LogP contribution in [0.4, 0.5) is 4.79 Å². The predicted octanol–water partition coefficient (Wildman–Crippen LogP) is 0.649. The van der Waals surface area contributed by atoms with Crippen molar-refractivity contribution in [2.75, 3.05) is 53.6 Å². The van der Waals surface area contributed by atoms with Crippen LogP contribution in [0.5, 0.6) is 0 Å². The summed E-state index contributed by atoms with van der Waals surface area (Å²) in [5, 5.41) is 8.28. The maximum Gasteiger partial charge on any atom is 0.472 e. The van der Waals surface area contributed by atoms with E-state index in [2.05, 4.69) is 21.2 Å². The molecule has 0 aromatic rings. The molecule has 1 aliphatic rings.